The first-order valence-corrected chi connectivity index (χ1v) is 8.14. The topological polar surface area (TPSA) is 94.9 Å². The predicted octanol–water partition coefficient (Wildman–Crippen LogP) is 4.34. The average Bonchev–Trinajstić information content (AvgIpc) is 3.29. The van der Waals surface area contributed by atoms with E-state index < -0.39 is 16.7 Å². The molecule has 0 amide bonds. The molecule has 7 nitrogen and oxygen atoms in total. The normalized spacial score (nSPS) is 14.8. The maximum absolute atomic E-state index is 13.9. The van der Waals surface area contributed by atoms with Crippen LogP contribution in [0.2, 0.25) is 0 Å². The van der Waals surface area contributed by atoms with Crippen LogP contribution in [0, 0.1) is 15.9 Å². The summed E-state index contributed by atoms with van der Waals surface area (Å²) in [5.41, 5.74) is 0.207. The maximum Gasteiger partial charge on any atom is 0.363 e. The molecule has 0 aliphatic carbocycles. The van der Waals surface area contributed by atoms with Gasteiger partial charge in [0.05, 0.1) is 16.1 Å². The van der Waals surface area contributed by atoms with Crippen LogP contribution in [0.3, 0.4) is 0 Å². The monoisotopic (exact) mass is 378 g/mol. The van der Waals surface area contributed by atoms with Crippen molar-refractivity contribution >= 4 is 23.6 Å². The van der Waals surface area contributed by atoms with Crippen LogP contribution in [0.4, 0.5) is 10.1 Å². The molecule has 1 aliphatic heterocycles. The zero-order valence-electron chi connectivity index (χ0n) is 14.2. The number of rotatable bonds is 4. The molecule has 3 aromatic rings. The van der Waals surface area contributed by atoms with Crippen LogP contribution in [0.15, 0.2) is 75.8 Å². The van der Waals surface area contributed by atoms with Gasteiger partial charge in [0.15, 0.2) is 5.70 Å². The third kappa shape index (κ3) is 3.18. The Balaban J connectivity index is 1.67. The number of esters is 1. The first-order valence-electron chi connectivity index (χ1n) is 8.14. The van der Waals surface area contributed by atoms with Crippen molar-refractivity contribution in [3.8, 4) is 11.3 Å². The lowest BCUT2D eigenvalue weighted by Crippen LogP contribution is -2.07. The summed E-state index contributed by atoms with van der Waals surface area (Å²) in [4.78, 5) is 26.7. The fourth-order valence-electron chi connectivity index (χ4n) is 2.71. The number of ether oxygens (including phenoxy) is 1. The number of hydrogen-bond donors (Lipinski definition) is 0. The van der Waals surface area contributed by atoms with Gasteiger partial charge in [-0.05, 0) is 30.3 Å². The molecule has 0 N–H and O–H groups in total. The number of aliphatic imine (C=N–C) groups is 1. The van der Waals surface area contributed by atoms with E-state index in [1.807, 2.05) is 0 Å². The molecule has 8 heteroatoms. The summed E-state index contributed by atoms with van der Waals surface area (Å²) >= 11 is 0. The first kappa shape index (κ1) is 17.3. The van der Waals surface area contributed by atoms with Crippen molar-refractivity contribution in [2.45, 2.75) is 0 Å². The van der Waals surface area contributed by atoms with Crippen molar-refractivity contribution in [3.63, 3.8) is 0 Å². The number of carbonyl (C=O) groups excluding carboxylic acids is 1. The summed E-state index contributed by atoms with van der Waals surface area (Å²) in [6.07, 6.45) is 1.33. The van der Waals surface area contributed by atoms with Crippen molar-refractivity contribution in [2.24, 2.45) is 4.99 Å². The molecule has 4 rings (SSSR count). The maximum atomic E-state index is 13.9. The molecule has 0 atom stereocenters. The van der Waals surface area contributed by atoms with E-state index in [1.165, 1.54) is 30.3 Å². The smallest absolute Gasteiger partial charge is 0.363 e. The van der Waals surface area contributed by atoms with E-state index in [-0.39, 0.29) is 34.4 Å². The molecule has 1 aromatic heterocycles. The van der Waals surface area contributed by atoms with Crippen molar-refractivity contribution < 1.29 is 23.3 Å². The lowest BCUT2D eigenvalue weighted by Gasteiger charge is -1.99. The Labute approximate surface area is 157 Å². The van der Waals surface area contributed by atoms with Gasteiger partial charge < -0.3 is 9.15 Å². The summed E-state index contributed by atoms with van der Waals surface area (Å²) in [5, 5.41) is 11.2. The van der Waals surface area contributed by atoms with E-state index in [1.54, 1.807) is 36.4 Å². The fraction of sp³-hybridized carbons (Fsp3) is 0. The van der Waals surface area contributed by atoms with Crippen LogP contribution in [0.5, 0.6) is 0 Å². The van der Waals surface area contributed by atoms with Gasteiger partial charge in [-0.3, -0.25) is 10.1 Å². The quantitative estimate of drug-likeness (QED) is 0.291. The zero-order valence-corrected chi connectivity index (χ0v) is 14.2. The van der Waals surface area contributed by atoms with Gasteiger partial charge in [0.1, 0.15) is 17.3 Å². The molecule has 0 bridgehead atoms. The van der Waals surface area contributed by atoms with Crippen molar-refractivity contribution in [1.82, 2.24) is 0 Å². The van der Waals surface area contributed by atoms with Crippen LogP contribution in [0.1, 0.15) is 11.3 Å². The summed E-state index contributed by atoms with van der Waals surface area (Å²) in [7, 11) is 0. The van der Waals surface area contributed by atoms with E-state index in [0.717, 1.165) is 0 Å². The third-order valence-corrected chi connectivity index (χ3v) is 4.00. The number of furan rings is 1. The van der Waals surface area contributed by atoms with Gasteiger partial charge in [0.2, 0.25) is 5.90 Å². The number of benzene rings is 2. The summed E-state index contributed by atoms with van der Waals surface area (Å²) in [6.45, 7) is 0. The van der Waals surface area contributed by atoms with Crippen LogP contribution in [-0.4, -0.2) is 16.8 Å². The number of carbonyl (C=O) groups is 1. The van der Waals surface area contributed by atoms with E-state index in [0.29, 0.717) is 5.56 Å². The van der Waals surface area contributed by atoms with Gasteiger partial charge in [-0.2, -0.15) is 0 Å². The molecular weight excluding hydrogens is 367 g/mol. The number of hydrogen-bond acceptors (Lipinski definition) is 6. The molecule has 2 aromatic carbocycles. The largest absolute Gasteiger partial charge is 0.456 e. The van der Waals surface area contributed by atoms with E-state index in [2.05, 4.69) is 4.99 Å². The highest BCUT2D eigenvalue weighted by Gasteiger charge is 2.26. The number of nitro benzene ring substituents is 1. The predicted molar refractivity (Wildman–Crippen MR) is 97.8 cm³/mol. The molecule has 2 heterocycles. The molecule has 0 spiro atoms. The van der Waals surface area contributed by atoms with Crippen molar-refractivity contribution in [2.75, 3.05) is 0 Å². The molecule has 0 saturated heterocycles. The highest BCUT2D eigenvalue weighted by atomic mass is 19.1. The Bertz CT molecular complexity index is 1160. The minimum absolute atomic E-state index is 0.0679. The lowest BCUT2D eigenvalue weighted by atomic mass is 10.1. The third-order valence-electron chi connectivity index (χ3n) is 4.00. The number of halogens is 1. The highest BCUT2D eigenvalue weighted by molar-refractivity contribution is 6.12. The minimum atomic E-state index is -0.748. The Morgan fingerprint density at radius 3 is 2.46 bits per heavy atom. The second-order valence-corrected chi connectivity index (χ2v) is 5.79. The SMILES string of the molecule is O=C1OC(c2ccccc2F)=N/C1=C\c1ccc(-c2ccccc2[N+](=O)[O-])o1. The van der Waals surface area contributed by atoms with E-state index in [4.69, 9.17) is 9.15 Å². The summed E-state index contributed by atoms with van der Waals surface area (Å²) in [6, 6.07) is 15.0. The van der Waals surface area contributed by atoms with Crippen molar-refractivity contribution in [3.05, 3.63) is 93.6 Å². The number of nitrogens with zero attached hydrogens (tertiary/aromatic N) is 2. The van der Waals surface area contributed by atoms with Crippen LogP contribution < -0.4 is 0 Å². The first-order chi connectivity index (χ1) is 13.5. The van der Waals surface area contributed by atoms with E-state index >= 15 is 0 Å². The molecular formula is C20H11FN2O5. The lowest BCUT2D eigenvalue weighted by molar-refractivity contribution is -0.384. The molecule has 0 unspecified atom stereocenters. The van der Waals surface area contributed by atoms with Crippen LogP contribution in [-0.2, 0) is 9.53 Å². The second kappa shape index (κ2) is 6.92. The summed E-state index contributed by atoms with van der Waals surface area (Å²) in [5.74, 6) is -0.934. The molecule has 0 fully saturated rings. The van der Waals surface area contributed by atoms with Crippen molar-refractivity contribution in [1.29, 1.82) is 0 Å². The standard InChI is InChI=1S/C20H11FN2O5/c21-15-7-3-1-5-13(15)19-22-16(20(24)28-19)11-12-9-10-18(27-12)14-6-2-4-8-17(14)23(25)26/h1-11H/b16-11-. The second-order valence-electron chi connectivity index (χ2n) is 5.79. The fourth-order valence-corrected chi connectivity index (χ4v) is 2.71. The Morgan fingerprint density at radius 1 is 1.00 bits per heavy atom. The van der Waals surface area contributed by atoms with Gasteiger partial charge in [0.25, 0.3) is 5.69 Å². The van der Waals surface area contributed by atoms with Crippen LogP contribution >= 0.6 is 0 Å². The number of para-hydroxylation sites is 1. The highest BCUT2D eigenvalue weighted by Crippen LogP contribution is 2.31. The Hall–Kier alpha value is -4.07. The number of cyclic esters (lactones) is 1. The van der Waals surface area contributed by atoms with Crippen LogP contribution in [0.25, 0.3) is 17.4 Å². The van der Waals surface area contributed by atoms with Gasteiger partial charge in [-0.25, -0.2) is 14.2 Å². The van der Waals surface area contributed by atoms with E-state index in [9.17, 15) is 19.3 Å². The zero-order chi connectivity index (χ0) is 19.7. The molecule has 0 radical (unpaired) electrons. The summed E-state index contributed by atoms with van der Waals surface area (Å²) < 4.78 is 24.5. The molecule has 138 valence electrons. The van der Waals surface area contributed by atoms with Gasteiger partial charge >= 0.3 is 5.97 Å². The van der Waals surface area contributed by atoms with Gasteiger partial charge in [-0.1, -0.05) is 24.3 Å². The van der Waals surface area contributed by atoms with Gasteiger partial charge in [-0.15, -0.1) is 0 Å². The Morgan fingerprint density at radius 2 is 1.71 bits per heavy atom. The minimum Gasteiger partial charge on any atom is -0.456 e. The average molecular weight is 378 g/mol. The molecule has 0 saturated carbocycles. The van der Waals surface area contributed by atoms with Gasteiger partial charge in [0, 0.05) is 12.1 Å². The number of nitro groups is 1. The molecule has 1 aliphatic rings. The Kier molecular flexibility index (Phi) is 4.29. The molecule has 28 heavy (non-hydrogen) atoms.